The Morgan fingerprint density at radius 1 is 1.25 bits per heavy atom. The molecular weight excluding hydrogens is 252 g/mol. The Morgan fingerprint density at radius 3 is 2.75 bits per heavy atom. The summed E-state index contributed by atoms with van der Waals surface area (Å²) < 4.78 is 0. The highest BCUT2D eigenvalue weighted by Crippen LogP contribution is 2.16. The summed E-state index contributed by atoms with van der Waals surface area (Å²) in [6, 6.07) is 10.7. The second-order valence-corrected chi connectivity index (χ2v) is 4.71. The van der Waals surface area contributed by atoms with Gasteiger partial charge in [0.2, 0.25) is 0 Å². The zero-order valence-corrected chi connectivity index (χ0v) is 11.6. The van der Waals surface area contributed by atoms with Gasteiger partial charge in [0.15, 0.2) is 0 Å². The van der Waals surface area contributed by atoms with Crippen LogP contribution in [-0.4, -0.2) is 11.0 Å². The molecule has 1 aromatic heterocycles. The molecule has 0 aliphatic rings. The van der Waals surface area contributed by atoms with Gasteiger partial charge in [-0.25, -0.2) is 9.78 Å². The van der Waals surface area contributed by atoms with Gasteiger partial charge in [0.05, 0.1) is 0 Å². The molecule has 2 amide bonds. The highest BCUT2D eigenvalue weighted by molar-refractivity contribution is 5.99. The van der Waals surface area contributed by atoms with E-state index in [9.17, 15) is 4.79 Å². The Morgan fingerprint density at radius 2 is 2.05 bits per heavy atom. The summed E-state index contributed by atoms with van der Waals surface area (Å²) in [4.78, 5) is 16.0. The number of urea groups is 1. The van der Waals surface area contributed by atoms with Gasteiger partial charge in [-0.3, -0.25) is 5.32 Å². The molecule has 1 unspecified atom stereocenters. The van der Waals surface area contributed by atoms with Gasteiger partial charge in [0.1, 0.15) is 5.82 Å². The van der Waals surface area contributed by atoms with Crippen molar-refractivity contribution < 1.29 is 4.79 Å². The van der Waals surface area contributed by atoms with Gasteiger partial charge in [0, 0.05) is 17.9 Å². The van der Waals surface area contributed by atoms with Crippen molar-refractivity contribution in [1.29, 1.82) is 0 Å². The standard InChI is InChI=1S/C15H18N4O/c1-10-6-7-17-14(8-10)19-15(20)18-13-5-3-4-12(9-13)11(2)16/h3-9,11H,16H2,1-2H3,(H2,17,18,19,20). The lowest BCUT2D eigenvalue weighted by atomic mass is 10.1. The van der Waals surface area contributed by atoms with E-state index < -0.39 is 0 Å². The van der Waals surface area contributed by atoms with Gasteiger partial charge in [0.25, 0.3) is 0 Å². The molecule has 0 aliphatic heterocycles. The van der Waals surface area contributed by atoms with Crippen LogP contribution >= 0.6 is 0 Å². The number of hydrogen-bond donors (Lipinski definition) is 3. The molecule has 20 heavy (non-hydrogen) atoms. The molecule has 0 bridgehead atoms. The number of aromatic nitrogens is 1. The summed E-state index contributed by atoms with van der Waals surface area (Å²) in [5.74, 6) is 0.519. The molecule has 2 rings (SSSR count). The number of pyridine rings is 1. The molecule has 5 nitrogen and oxygen atoms in total. The minimum Gasteiger partial charge on any atom is -0.324 e. The van der Waals surface area contributed by atoms with Crippen molar-refractivity contribution >= 4 is 17.5 Å². The summed E-state index contributed by atoms with van der Waals surface area (Å²) in [6.07, 6.45) is 1.65. The predicted molar refractivity (Wildman–Crippen MR) is 80.7 cm³/mol. The van der Waals surface area contributed by atoms with Crippen LogP contribution in [0.5, 0.6) is 0 Å². The van der Waals surface area contributed by atoms with Crippen molar-refractivity contribution in [2.45, 2.75) is 19.9 Å². The Bertz CT molecular complexity index is 610. The Kier molecular flexibility index (Phi) is 4.32. The monoisotopic (exact) mass is 270 g/mol. The first kappa shape index (κ1) is 14.0. The molecule has 0 saturated heterocycles. The minimum absolute atomic E-state index is 0.0711. The maximum Gasteiger partial charge on any atom is 0.324 e. The molecule has 4 N–H and O–H groups in total. The normalized spacial score (nSPS) is 11.8. The van der Waals surface area contributed by atoms with Crippen molar-refractivity contribution in [3.63, 3.8) is 0 Å². The van der Waals surface area contributed by atoms with Crippen LogP contribution in [-0.2, 0) is 0 Å². The summed E-state index contributed by atoms with van der Waals surface area (Å²) >= 11 is 0. The number of hydrogen-bond acceptors (Lipinski definition) is 3. The largest absolute Gasteiger partial charge is 0.324 e. The van der Waals surface area contributed by atoms with Crippen LogP contribution < -0.4 is 16.4 Å². The van der Waals surface area contributed by atoms with Gasteiger partial charge < -0.3 is 11.1 Å². The highest BCUT2D eigenvalue weighted by Gasteiger charge is 2.05. The lowest BCUT2D eigenvalue weighted by Gasteiger charge is -2.10. The Balaban J connectivity index is 2.03. The summed E-state index contributed by atoms with van der Waals surface area (Å²) in [5.41, 5.74) is 8.52. The maximum absolute atomic E-state index is 11.9. The molecule has 104 valence electrons. The lowest BCUT2D eigenvalue weighted by molar-refractivity contribution is 0.262. The summed E-state index contributed by atoms with van der Waals surface area (Å²) in [5, 5.41) is 5.45. The van der Waals surface area contributed by atoms with Crippen LogP contribution in [0.25, 0.3) is 0 Å². The van der Waals surface area contributed by atoms with E-state index in [4.69, 9.17) is 5.73 Å². The number of benzene rings is 1. The van der Waals surface area contributed by atoms with E-state index in [0.717, 1.165) is 11.1 Å². The fraction of sp³-hybridized carbons (Fsp3) is 0.200. The van der Waals surface area contributed by atoms with Crippen molar-refractivity contribution in [2.75, 3.05) is 10.6 Å². The number of aryl methyl sites for hydroxylation is 1. The molecule has 1 aromatic carbocycles. The van der Waals surface area contributed by atoms with Gasteiger partial charge in [-0.2, -0.15) is 0 Å². The van der Waals surface area contributed by atoms with Gasteiger partial charge >= 0.3 is 6.03 Å². The van der Waals surface area contributed by atoms with Crippen molar-refractivity contribution in [2.24, 2.45) is 5.73 Å². The molecule has 2 aromatic rings. The predicted octanol–water partition coefficient (Wildman–Crippen LogP) is 3.05. The second-order valence-electron chi connectivity index (χ2n) is 4.71. The molecule has 0 spiro atoms. The number of carbonyl (C=O) groups excluding carboxylic acids is 1. The van der Waals surface area contributed by atoms with Crippen LogP contribution in [0.4, 0.5) is 16.3 Å². The molecule has 1 heterocycles. The topological polar surface area (TPSA) is 80.0 Å². The zero-order valence-electron chi connectivity index (χ0n) is 11.6. The quantitative estimate of drug-likeness (QED) is 0.802. The Hall–Kier alpha value is -2.40. The van der Waals surface area contributed by atoms with E-state index in [1.165, 1.54) is 0 Å². The van der Waals surface area contributed by atoms with Crippen LogP contribution in [0.3, 0.4) is 0 Å². The third-order valence-corrected chi connectivity index (χ3v) is 2.83. The number of nitrogens with two attached hydrogens (primary N) is 1. The number of anilines is 2. The van der Waals surface area contributed by atoms with E-state index in [2.05, 4.69) is 15.6 Å². The van der Waals surface area contributed by atoms with Crippen molar-refractivity contribution in [1.82, 2.24) is 4.98 Å². The van der Waals surface area contributed by atoms with E-state index >= 15 is 0 Å². The zero-order chi connectivity index (χ0) is 14.5. The average molecular weight is 270 g/mol. The fourth-order valence-corrected chi connectivity index (χ4v) is 1.78. The average Bonchev–Trinajstić information content (AvgIpc) is 2.38. The van der Waals surface area contributed by atoms with E-state index in [0.29, 0.717) is 11.5 Å². The van der Waals surface area contributed by atoms with Crippen molar-refractivity contribution in [3.05, 3.63) is 53.7 Å². The highest BCUT2D eigenvalue weighted by atomic mass is 16.2. The molecular formula is C15H18N4O. The van der Waals surface area contributed by atoms with Crippen LogP contribution in [0.1, 0.15) is 24.1 Å². The third kappa shape index (κ3) is 3.80. The van der Waals surface area contributed by atoms with E-state index in [1.54, 1.807) is 12.3 Å². The van der Waals surface area contributed by atoms with Crippen molar-refractivity contribution in [3.8, 4) is 0 Å². The van der Waals surface area contributed by atoms with Gasteiger partial charge in [-0.05, 0) is 49.2 Å². The summed E-state index contributed by atoms with van der Waals surface area (Å²) in [7, 11) is 0. The minimum atomic E-state index is -0.329. The number of carbonyl (C=O) groups is 1. The molecule has 0 radical (unpaired) electrons. The van der Waals surface area contributed by atoms with Gasteiger partial charge in [-0.15, -0.1) is 0 Å². The number of amides is 2. The first-order valence-corrected chi connectivity index (χ1v) is 6.41. The smallest absolute Gasteiger partial charge is 0.324 e. The van der Waals surface area contributed by atoms with E-state index in [-0.39, 0.29) is 12.1 Å². The number of nitrogens with zero attached hydrogens (tertiary/aromatic N) is 1. The third-order valence-electron chi connectivity index (χ3n) is 2.83. The van der Waals surface area contributed by atoms with Crippen LogP contribution in [0.2, 0.25) is 0 Å². The molecule has 0 aliphatic carbocycles. The molecule has 0 fully saturated rings. The molecule has 0 saturated carbocycles. The lowest BCUT2D eigenvalue weighted by Crippen LogP contribution is -2.20. The van der Waals surface area contributed by atoms with Crippen LogP contribution in [0, 0.1) is 6.92 Å². The Labute approximate surface area is 118 Å². The molecule has 5 heteroatoms. The first-order chi connectivity index (χ1) is 9.54. The molecule has 1 atom stereocenters. The van der Waals surface area contributed by atoms with Gasteiger partial charge in [-0.1, -0.05) is 12.1 Å². The maximum atomic E-state index is 11.9. The van der Waals surface area contributed by atoms with Crippen LogP contribution in [0.15, 0.2) is 42.6 Å². The summed E-state index contributed by atoms with van der Waals surface area (Å²) in [6.45, 7) is 3.84. The first-order valence-electron chi connectivity index (χ1n) is 6.41. The number of nitrogens with one attached hydrogen (secondary N) is 2. The number of rotatable bonds is 3. The second kappa shape index (κ2) is 6.16. The van der Waals surface area contributed by atoms with E-state index in [1.807, 2.05) is 44.2 Å². The fourth-order valence-electron chi connectivity index (χ4n) is 1.78. The SMILES string of the molecule is Cc1ccnc(NC(=O)Nc2cccc(C(C)N)c2)c1.